The second-order valence-electron chi connectivity index (χ2n) is 6.62. The number of hydrogen-bond donors (Lipinski definition) is 1. The fourth-order valence-corrected chi connectivity index (χ4v) is 2.71. The van der Waals surface area contributed by atoms with Crippen LogP contribution in [0.1, 0.15) is 33.5 Å². The van der Waals surface area contributed by atoms with Gasteiger partial charge in [0.2, 0.25) is 0 Å². The van der Waals surface area contributed by atoms with E-state index in [1.165, 1.54) is 0 Å². The lowest BCUT2D eigenvalue weighted by atomic mass is 10.1. The highest BCUT2D eigenvalue weighted by atomic mass is 16.5. The van der Waals surface area contributed by atoms with Gasteiger partial charge in [-0.25, -0.2) is 9.67 Å². The van der Waals surface area contributed by atoms with Gasteiger partial charge >= 0.3 is 0 Å². The summed E-state index contributed by atoms with van der Waals surface area (Å²) in [6, 6.07) is 0.495. The summed E-state index contributed by atoms with van der Waals surface area (Å²) in [4.78, 5) is 6.78. The first-order valence-electron chi connectivity index (χ1n) is 7.95. The largest absolute Gasteiger partial charge is 0.374 e. The fourth-order valence-electron chi connectivity index (χ4n) is 2.71. The van der Waals surface area contributed by atoms with Crippen LogP contribution in [0.5, 0.6) is 0 Å². The minimum absolute atomic E-state index is 0.0401. The van der Waals surface area contributed by atoms with Crippen molar-refractivity contribution in [2.24, 2.45) is 11.7 Å². The number of morpholine rings is 1. The van der Waals surface area contributed by atoms with E-state index in [9.17, 15) is 0 Å². The average Bonchev–Trinajstić information content (AvgIpc) is 2.85. The molecule has 0 saturated carbocycles. The van der Waals surface area contributed by atoms with Crippen molar-refractivity contribution in [1.29, 1.82) is 0 Å². The van der Waals surface area contributed by atoms with Crippen molar-refractivity contribution in [2.75, 3.05) is 19.7 Å². The van der Waals surface area contributed by atoms with E-state index in [1.54, 1.807) is 6.33 Å². The van der Waals surface area contributed by atoms with Crippen LogP contribution in [0.15, 0.2) is 6.33 Å². The van der Waals surface area contributed by atoms with E-state index in [0.717, 1.165) is 32.1 Å². The molecular formula is C15H29N5O. The molecule has 21 heavy (non-hydrogen) atoms. The molecule has 1 saturated heterocycles. The Hall–Kier alpha value is -0.980. The molecule has 2 rings (SSSR count). The molecule has 2 unspecified atom stereocenters. The van der Waals surface area contributed by atoms with Gasteiger partial charge in [-0.15, -0.1) is 0 Å². The molecule has 0 bridgehead atoms. The van der Waals surface area contributed by atoms with Gasteiger partial charge in [-0.1, -0.05) is 13.8 Å². The van der Waals surface area contributed by atoms with Crippen LogP contribution in [0.2, 0.25) is 0 Å². The average molecular weight is 295 g/mol. The molecule has 6 nitrogen and oxygen atoms in total. The Balaban J connectivity index is 1.94. The zero-order valence-corrected chi connectivity index (χ0v) is 13.7. The molecule has 1 aliphatic heterocycles. The van der Waals surface area contributed by atoms with E-state index < -0.39 is 0 Å². The Labute approximate surface area is 127 Å². The third-order valence-electron chi connectivity index (χ3n) is 3.98. The highest BCUT2D eigenvalue weighted by molar-refractivity contribution is 4.93. The molecule has 0 aliphatic carbocycles. The SMILES string of the molecule is CC(C)Cn1ncnc1CC(N)C1CN(C(C)C)CCO1. The number of ether oxygens (including phenoxy) is 1. The molecule has 0 radical (unpaired) electrons. The van der Waals surface area contributed by atoms with Crippen LogP contribution in [0.25, 0.3) is 0 Å². The zero-order chi connectivity index (χ0) is 15.4. The fraction of sp³-hybridized carbons (Fsp3) is 0.867. The van der Waals surface area contributed by atoms with E-state index >= 15 is 0 Å². The molecule has 0 spiro atoms. The van der Waals surface area contributed by atoms with Crippen LogP contribution >= 0.6 is 0 Å². The summed E-state index contributed by atoms with van der Waals surface area (Å²) in [5, 5.41) is 4.30. The van der Waals surface area contributed by atoms with Crippen molar-refractivity contribution in [3.8, 4) is 0 Å². The number of hydrogen-bond acceptors (Lipinski definition) is 5. The van der Waals surface area contributed by atoms with Crippen molar-refractivity contribution in [1.82, 2.24) is 19.7 Å². The van der Waals surface area contributed by atoms with Crippen molar-refractivity contribution >= 4 is 0 Å². The van der Waals surface area contributed by atoms with Gasteiger partial charge in [-0.3, -0.25) is 4.90 Å². The van der Waals surface area contributed by atoms with E-state index in [0.29, 0.717) is 18.4 Å². The van der Waals surface area contributed by atoms with E-state index in [4.69, 9.17) is 10.5 Å². The summed E-state index contributed by atoms with van der Waals surface area (Å²) in [6.07, 6.45) is 2.40. The first-order chi connectivity index (χ1) is 9.97. The lowest BCUT2D eigenvalue weighted by molar-refractivity contribution is -0.0498. The molecule has 1 aromatic rings. The van der Waals surface area contributed by atoms with Crippen molar-refractivity contribution in [3.63, 3.8) is 0 Å². The minimum atomic E-state index is -0.0401. The summed E-state index contributed by atoms with van der Waals surface area (Å²) >= 11 is 0. The van der Waals surface area contributed by atoms with Gasteiger partial charge in [0, 0.05) is 38.1 Å². The summed E-state index contributed by atoms with van der Waals surface area (Å²) in [5.74, 6) is 1.51. The van der Waals surface area contributed by atoms with Crippen LogP contribution in [0, 0.1) is 5.92 Å². The zero-order valence-electron chi connectivity index (χ0n) is 13.7. The maximum absolute atomic E-state index is 6.37. The van der Waals surface area contributed by atoms with Crippen LogP contribution < -0.4 is 5.73 Å². The lowest BCUT2D eigenvalue weighted by Crippen LogP contribution is -2.53. The summed E-state index contributed by atoms with van der Waals surface area (Å²) in [5.41, 5.74) is 6.37. The Morgan fingerprint density at radius 3 is 2.81 bits per heavy atom. The second-order valence-corrected chi connectivity index (χ2v) is 6.62. The smallest absolute Gasteiger partial charge is 0.138 e. The normalized spacial score (nSPS) is 22.1. The third kappa shape index (κ3) is 4.49. The maximum atomic E-state index is 6.37. The van der Waals surface area contributed by atoms with Crippen molar-refractivity contribution in [3.05, 3.63) is 12.2 Å². The second kappa shape index (κ2) is 7.33. The maximum Gasteiger partial charge on any atom is 0.138 e. The molecule has 2 heterocycles. The standard InChI is InChI=1S/C15H29N5O/c1-11(2)8-20-15(17-10-18-20)7-13(16)14-9-19(12(3)4)5-6-21-14/h10-14H,5-9,16H2,1-4H3. The monoisotopic (exact) mass is 295 g/mol. The predicted octanol–water partition coefficient (Wildman–Crippen LogP) is 0.913. The Bertz CT molecular complexity index is 431. The lowest BCUT2D eigenvalue weighted by Gasteiger charge is -2.37. The molecule has 1 aliphatic rings. The van der Waals surface area contributed by atoms with Gasteiger partial charge in [0.1, 0.15) is 12.2 Å². The van der Waals surface area contributed by atoms with Gasteiger partial charge in [0.25, 0.3) is 0 Å². The highest BCUT2D eigenvalue weighted by Gasteiger charge is 2.28. The quantitative estimate of drug-likeness (QED) is 0.845. The topological polar surface area (TPSA) is 69.2 Å². The Morgan fingerprint density at radius 1 is 1.38 bits per heavy atom. The molecule has 0 amide bonds. The van der Waals surface area contributed by atoms with Gasteiger partial charge in [0.05, 0.1) is 12.7 Å². The van der Waals surface area contributed by atoms with E-state index in [1.807, 2.05) is 4.68 Å². The highest BCUT2D eigenvalue weighted by Crippen LogP contribution is 2.13. The van der Waals surface area contributed by atoms with Gasteiger partial charge in [-0.2, -0.15) is 5.10 Å². The van der Waals surface area contributed by atoms with E-state index in [-0.39, 0.29) is 12.1 Å². The Morgan fingerprint density at radius 2 is 2.14 bits per heavy atom. The molecule has 1 fully saturated rings. The minimum Gasteiger partial charge on any atom is -0.374 e. The third-order valence-corrected chi connectivity index (χ3v) is 3.98. The van der Waals surface area contributed by atoms with E-state index in [2.05, 4.69) is 42.7 Å². The molecule has 120 valence electrons. The summed E-state index contributed by atoms with van der Waals surface area (Å²) < 4.78 is 7.83. The van der Waals surface area contributed by atoms with Crippen molar-refractivity contribution in [2.45, 2.75) is 58.8 Å². The number of nitrogens with two attached hydrogens (primary N) is 1. The van der Waals surface area contributed by atoms with Crippen LogP contribution in [-0.2, 0) is 17.7 Å². The number of aromatic nitrogens is 3. The Kier molecular flexibility index (Phi) is 5.72. The van der Waals surface area contributed by atoms with Gasteiger partial charge in [0.15, 0.2) is 0 Å². The predicted molar refractivity (Wildman–Crippen MR) is 83.0 cm³/mol. The van der Waals surface area contributed by atoms with Crippen molar-refractivity contribution < 1.29 is 4.74 Å². The first kappa shape index (κ1) is 16.4. The molecule has 2 atom stereocenters. The molecular weight excluding hydrogens is 266 g/mol. The first-order valence-corrected chi connectivity index (χ1v) is 7.95. The number of rotatable bonds is 6. The molecule has 0 aromatic carbocycles. The number of nitrogens with zero attached hydrogens (tertiary/aromatic N) is 4. The van der Waals surface area contributed by atoms with Crippen LogP contribution in [-0.4, -0.2) is 57.5 Å². The summed E-state index contributed by atoms with van der Waals surface area (Å²) in [7, 11) is 0. The molecule has 2 N–H and O–H groups in total. The molecule has 6 heteroatoms. The van der Waals surface area contributed by atoms with Gasteiger partial charge < -0.3 is 10.5 Å². The van der Waals surface area contributed by atoms with Gasteiger partial charge in [-0.05, 0) is 19.8 Å². The molecule has 1 aromatic heterocycles. The summed E-state index contributed by atoms with van der Waals surface area (Å²) in [6.45, 7) is 12.3. The van der Waals surface area contributed by atoms with Crippen LogP contribution in [0.3, 0.4) is 0 Å². The van der Waals surface area contributed by atoms with Crippen LogP contribution in [0.4, 0.5) is 0 Å².